The molecular weight excluding hydrogens is 480 g/mol. The zero-order valence-electron chi connectivity index (χ0n) is 20.9. The van der Waals surface area contributed by atoms with Gasteiger partial charge in [-0.25, -0.2) is 8.42 Å². The number of nitrogens with zero attached hydrogens (tertiary/aromatic N) is 3. The predicted octanol–water partition coefficient (Wildman–Crippen LogP) is 4.61. The Kier molecular flexibility index (Phi) is 8.05. The van der Waals surface area contributed by atoms with Crippen LogP contribution in [0.4, 0.5) is 5.69 Å². The van der Waals surface area contributed by atoms with E-state index in [1.54, 1.807) is 18.2 Å². The van der Waals surface area contributed by atoms with Gasteiger partial charge in [0.15, 0.2) is 5.82 Å². The Balaban J connectivity index is 1.48. The van der Waals surface area contributed by atoms with Crippen LogP contribution in [0.15, 0.2) is 51.9 Å². The molecular formula is C26H32N4O5S. The van der Waals surface area contributed by atoms with Gasteiger partial charge in [0.05, 0.1) is 7.11 Å². The van der Waals surface area contributed by atoms with Crippen molar-refractivity contribution in [3.63, 3.8) is 0 Å². The summed E-state index contributed by atoms with van der Waals surface area (Å²) in [7, 11) is -2.36. The van der Waals surface area contributed by atoms with E-state index in [1.165, 1.54) is 23.5 Å². The number of hydrogen-bond donors (Lipinski definition) is 1. The number of anilines is 1. The quantitative estimate of drug-likeness (QED) is 0.469. The lowest BCUT2D eigenvalue weighted by Crippen LogP contribution is -2.32. The van der Waals surface area contributed by atoms with Crippen LogP contribution in [0.1, 0.15) is 73.1 Å². The molecule has 1 saturated heterocycles. The normalized spacial score (nSPS) is 15.0. The van der Waals surface area contributed by atoms with E-state index in [0.717, 1.165) is 31.2 Å². The second-order valence-electron chi connectivity index (χ2n) is 9.22. The van der Waals surface area contributed by atoms with Gasteiger partial charge in [-0.15, -0.1) is 0 Å². The van der Waals surface area contributed by atoms with E-state index in [2.05, 4.69) is 15.5 Å². The molecule has 192 valence electrons. The van der Waals surface area contributed by atoms with Gasteiger partial charge in [0.25, 0.3) is 5.91 Å². The molecule has 2 aromatic carbocycles. The van der Waals surface area contributed by atoms with Crippen LogP contribution in [0.3, 0.4) is 0 Å². The molecule has 1 aromatic heterocycles. The van der Waals surface area contributed by atoms with Crippen molar-refractivity contribution in [2.24, 2.45) is 0 Å². The third-order valence-corrected chi connectivity index (χ3v) is 8.08. The van der Waals surface area contributed by atoms with Gasteiger partial charge in [0, 0.05) is 36.7 Å². The largest absolute Gasteiger partial charge is 0.495 e. The van der Waals surface area contributed by atoms with Crippen LogP contribution in [0, 0.1) is 0 Å². The highest BCUT2D eigenvalue weighted by molar-refractivity contribution is 7.89. The molecule has 1 N–H and O–H groups in total. The number of carbonyl (C=O) groups excluding carboxylic acids is 1. The molecule has 1 aliphatic heterocycles. The lowest BCUT2D eigenvalue weighted by molar-refractivity contribution is 0.102. The van der Waals surface area contributed by atoms with Crippen molar-refractivity contribution < 1.29 is 22.5 Å². The summed E-state index contributed by atoms with van der Waals surface area (Å²) in [5.41, 5.74) is 1.80. The van der Waals surface area contributed by atoms with E-state index in [-0.39, 0.29) is 22.1 Å². The van der Waals surface area contributed by atoms with Crippen LogP contribution < -0.4 is 10.1 Å². The average molecular weight is 513 g/mol. The number of nitrogens with one attached hydrogen (secondary N) is 1. The van der Waals surface area contributed by atoms with Gasteiger partial charge in [-0.05, 0) is 48.7 Å². The summed E-state index contributed by atoms with van der Waals surface area (Å²) in [6, 6.07) is 11.8. The molecule has 9 nitrogen and oxygen atoms in total. The molecule has 0 spiro atoms. The number of sulfonamides is 1. The van der Waals surface area contributed by atoms with Crippen molar-refractivity contribution in [1.29, 1.82) is 0 Å². The molecule has 3 aromatic rings. The van der Waals surface area contributed by atoms with E-state index in [1.807, 2.05) is 26.0 Å². The lowest BCUT2D eigenvalue weighted by atomic mass is 10.1. The van der Waals surface area contributed by atoms with Gasteiger partial charge in [0.2, 0.25) is 15.9 Å². The van der Waals surface area contributed by atoms with Gasteiger partial charge in [-0.3, -0.25) is 4.79 Å². The molecule has 0 aliphatic carbocycles. The van der Waals surface area contributed by atoms with Gasteiger partial charge in [0.1, 0.15) is 10.6 Å². The average Bonchev–Trinajstić information content (AvgIpc) is 3.16. The molecule has 4 rings (SSSR count). The van der Waals surface area contributed by atoms with Crippen LogP contribution >= 0.6 is 0 Å². The van der Waals surface area contributed by atoms with Crippen LogP contribution in [0.5, 0.6) is 5.75 Å². The summed E-state index contributed by atoms with van der Waals surface area (Å²) in [6.45, 7) is 4.92. The van der Waals surface area contributed by atoms with E-state index in [9.17, 15) is 13.2 Å². The number of amides is 1. The summed E-state index contributed by atoms with van der Waals surface area (Å²) in [6.07, 6.45) is 4.18. The smallest absolute Gasteiger partial charge is 0.255 e. The minimum absolute atomic E-state index is 0.00998. The van der Waals surface area contributed by atoms with Gasteiger partial charge >= 0.3 is 0 Å². The number of methoxy groups -OCH3 is 1. The zero-order valence-corrected chi connectivity index (χ0v) is 21.7. The Hall–Kier alpha value is -3.24. The van der Waals surface area contributed by atoms with Crippen LogP contribution in [0.25, 0.3) is 0 Å². The standard InChI is InChI=1S/C26H32N4O5S/c1-18(2)26-28-24(29-35-26)16-19-8-11-21(12-9-19)27-25(31)20-10-13-22(34-3)23(17-20)36(32,33)30-14-6-4-5-7-15-30/h8-13,17-18H,4-7,14-16H2,1-3H3,(H,27,31). The highest BCUT2D eigenvalue weighted by Crippen LogP contribution is 2.30. The summed E-state index contributed by atoms with van der Waals surface area (Å²) < 4.78 is 38.8. The maximum absolute atomic E-state index is 13.4. The summed E-state index contributed by atoms with van der Waals surface area (Å²) in [4.78, 5) is 17.4. The number of benzene rings is 2. The number of rotatable bonds is 8. The third-order valence-electron chi connectivity index (χ3n) is 6.16. The van der Waals surface area contributed by atoms with Crippen molar-refractivity contribution in [2.75, 3.05) is 25.5 Å². The van der Waals surface area contributed by atoms with Crippen molar-refractivity contribution in [2.45, 2.75) is 56.8 Å². The van der Waals surface area contributed by atoms with E-state index in [4.69, 9.17) is 9.26 Å². The first kappa shape index (κ1) is 25.8. The molecule has 0 unspecified atom stereocenters. The van der Waals surface area contributed by atoms with Crippen molar-refractivity contribution in [1.82, 2.24) is 14.4 Å². The number of carbonyl (C=O) groups is 1. The van der Waals surface area contributed by atoms with Gasteiger partial charge in [-0.1, -0.05) is 44.0 Å². The molecule has 0 radical (unpaired) electrons. The predicted molar refractivity (Wildman–Crippen MR) is 136 cm³/mol. The molecule has 2 heterocycles. The Morgan fingerprint density at radius 3 is 2.39 bits per heavy atom. The number of ether oxygens (including phenoxy) is 1. The molecule has 1 amide bonds. The highest BCUT2D eigenvalue weighted by Gasteiger charge is 2.29. The number of aromatic nitrogens is 2. The second-order valence-corrected chi connectivity index (χ2v) is 11.1. The molecule has 36 heavy (non-hydrogen) atoms. The maximum atomic E-state index is 13.4. The van der Waals surface area contributed by atoms with Crippen LogP contribution in [0.2, 0.25) is 0 Å². The fourth-order valence-electron chi connectivity index (χ4n) is 4.11. The first-order chi connectivity index (χ1) is 17.3. The second kappa shape index (κ2) is 11.2. The van der Waals surface area contributed by atoms with Crippen LogP contribution in [-0.4, -0.2) is 49.0 Å². The molecule has 0 saturated carbocycles. The third kappa shape index (κ3) is 5.93. The molecule has 1 fully saturated rings. The summed E-state index contributed by atoms with van der Waals surface area (Å²) in [5, 5.41) is 6.84. The van der Waals surface area contributed by atoms with Gasteiger partial charge in [-0.2, -0.15) is 9.29 Å². The van der Waals surface area contributed by atoms with Crippen molar-refractivity contribution in [3.8, 4) is 5.75 Å². The number of hydrogen-bond acceptors (Lipinski definition) is 7. The van der Waals surface area contributed by atoms with E-state index >= 15 is 0 Å². The Morgan fingerprint density at radius 2 is 1.78 bits per heavy atom. The van der Waals surface area contributed by atoms with Gasteiger partial charge < -0.3 is 14.6 Å². The van der Waals surface area contributed by atoms with E-state index < -0.39 is 15.9 Å². The minimum Gasteiger partial charge on any atom is -0.495 e. The molecule has 0 bridgehead atoms. The summed E-state index contributed by atoms with van der Waals surface area (Å²) >= 11 is 0. The van der Waals surface area contributed by atoms with Crippen molar-refractivity contribution >= 4 is 21.6 Å². The minimum atomic E-state index is -3.79. The summed E-state index contributed by atoms with van der Waals surface area (Å²) in [5.74, 6) is 1.19. The van der Waals surface area contributed by atoms with Crippen molar-refractivity contribution in [3.05, 3.63) is 65.3 Å². The molecule has 10 heteroatoms. The highest BCUT2D eigenvalue weighted by atomic mass is 32.2. The Bertz CT molecular complexity index is 1290. The molecule has 1 aliphatic rings. The maximum Gasteiger partial charge on any atom is 0.255 e. The monoisotopic (exact) mass is 512 g/mol. The fourth-order valence-corrected chi connectivity index (χ4v) is 5.80. The Morgan fingerprint density at radius 1 is 1.08 bits per heavy atom. The topological polar surface area (TPSA) is 115 Å². The lowest BCUT2D eigenvalue weighted by Gasteiger charge is -2.21. The fraction of sp³-hybridized carbons (Fsp3) is 0.423. The first-order valence-electron chi connectivity index (χ1n) is 12.2. The SMILES string of the molecule is COc1ccc(C(=O)Nc2ccc(Cc3noc(C(C)C)n3)cc2)cc1S(=O)(=O)N1CCCCCC1. The first-order valence-corrected chi connectivity index (χ1v) is 13.6. The van der Waals surface area contributed by atoms with E-state index in [0.29, 0.717) is 36.9 Å². The molecule has 0 atom stereocenters. The Labute approximate surface area is 211 Å². The zero-order chi connectivity index (χ0) is 25.7. The van der Waals surface area contributed by atoms with Crippen LogP contribution in [-0.2, 0) is 16.4 Å².